The minimum Gasteiger partial charge on any atom is -0.482 e. The van der Waals surface area contributed by atoms with Crippen LogP contribution >= 0.6 is 0 Å². The van der Waals surface area contributed by atoms with Gasteiger partial charge in [-0.2, -0.15) is 4.52 Å². The number of fused-ring (bicyclic) bond motifs is 1. The molecule has 0 saturated carbocycles. The highest BCUT2D eigenvalue weighted by Crippen LogP contribution is 2.19. The molecule has 0 aliphatic carbocycles. The van der Waals surface area contributed by atoms with Crippen molar-refractivity contribution in [1.29, 1.82) is 0 Å². The van der Waals surface area contributed by atoms with E-state index in [4.69, 9.17) is 9.47 Å². The van der Waals surface area contributed by atoms with Crippen LogP contribution in [0.1, 0.15) is 0 Å². The smallest absolute Gasteiger partial charge is 0.258 e. The highest BCUT2D eigenvalue weighted by molar-refractivity contribution is 5.77. The molecule has 3 aromatic heterocycles. The standard InChI is InChI=1S/C20H17FN6O3/c21-15-4-1-3-14(11-15)20-25-24-17-6-7-19(26-27(17)20)29-10-9-23-18(28)13-30-16-5-2-8-22-12-16/h1-8,11-12H,9-10,13H2,(H,23,28). The summed E-state index contributed by atoms with van der Waals surface area (Å²) in [7, 11) is 0. The van der Waals surface area contributed by atoms with Gasteiger partial charge < -0.3 is 14.8 Å². The van der Waals surface area contributed by atoms with Crippen LogP contribution in [0.5, 0.6) is 11.6 Å². The maximum Gasteiger partial charge on any atom is 0.258 e. The number of nitrogens with one attached hydrogen (secondary N) is 1. The van der Waals surface area contributed by atoms with E-state index in [0.29, 0.717) is 28.7 Å². The molecule has 4 aromatic rings. The number of hydrogen-bond acceptors (Lipinski definition) is 7. The Hall–Kier alpha value is -4.08. The van der Waals surface area contributed by atoms with E-state index in [0.717, 1.165) is 0 Å². The lowest BCUT2D eigenvalue weighted by atomic mass is 10.2. The fourth-order valence-electron chi connectivity index (χ4n) is 2.64. The van der Waals surface area contributed by atoms with Gasteiger partial charge in [-0.3, -0.25) is 9.78 Å². The molecular weight excluding hydrogens is 391 g/mol. The SMILES string of the molecule is O=C(COc1cccnc1)NCCOc1ccc2nnc(-c3cccc(F)c3)n2n1. The second kappa shape index (κ2) is 8.95. The number of benzene rings is 1. The van der Waals surface area contributed by atoms with Crippen LogP contribution in [0.25, 0.3) is 17.0 Å². The summed E-state index contributed by atoms with van der Waals surface area (Å²) in [5.74, 6) is 0.582. The number of nitrogens with zero attached hydrogens (tertiary/aromatic N) is 5. The summed E-state index contributed by atoms with van der Waals surface area (Å²) in [5, 5.41) is 15.1. The van der Waals surface area contributed by atoms with Gasteiger partial charge in [0.25, 0.3) is 5.91 Å². The Morgan fingerprint density at radius 3 is 2.87 bits per heavy atom. The van der Waals surface area contributed by atoms with Crippen molar-refractivity contribution in [2.75, 3.05) is 19.8 Å². The maximum absolute atomic E-state index is 13.5. The average Bonchev–Trinajstić information content (AvgIpc) is 3.19. The molecule has 1 aromatic carbocycles. The minimum absolute atomic E-state index is 0.117. The molecule has 0 atom stereocenters. The first-order valence-electron chi connectivity index (χ1n) is 9.10. The quantitative estimate of drug-likeness (QED) is 0.444. The summed E-state index contributed by atoms with van der Waals surface area (Å²) in [5.41, 5.74) is 1.05. The number of amides is 1. The molecular formula is C20H17FN6O3. The van der Waals surface area contributed by atoms with Crippen LogP contribution in [0, 0.1) is 5.82 Å². The number of carbonyl (C=O) groups is 1. The molecule has 3 heterocycles. The van der Waals surface area contributed by atoms with Crippen molar-refractivity contribution < 1.29 is 18.7 Å². The topological polar surface area (TPSA) is 104 Å². The lowest BCUT2D eigenvalue weighted by Crippen LogP contribution is -2.32. The second-order valence-corrected chi connectivity index (χ2v) is 6.15. The largest absolute Gasteiger partial charge is 0.482 e. The minimum atomic E-state index is -0.375. The van der Waals surface area contributed by atoms with E-state index in [1.807, 2.05) is 0 Å². The molecule has 4 rings (SSSR count). The summed E-state index contributed by atoms with van der Waals surface area (Å²) in [6, 6.07) is 12.8. The molecule has 10 heteroatoms. The predicted octanol–water partition coefficient (Wildman–Crippen LogP) is 1.90. The van der Waals surface area contributed by atoms with E-state index in [1.54, 1.807) is 42.6 Å². The van der Waals surface area contributed by atoms with Gasteiger partial charge in [-0.25, -0.2) is 4.39 Å². The Bertz CT molecular complexity index is 1150. The molecule has 30 heavy (non-hydrogen) atoms. The highest BCUT2D eigenvalue weighted by Gasteiger charge is 2.11. The van der Waals surface area contributed by atoms with Gasteiger partial charge in [0.1, 0.15) is 18.2 Å². The third-order valence-electron chi connectivity index (χ3n) is 4.00. The molecule has 0 spiro atoms. The summed E-state index contributed by atoms with van der Waals surface area (Å²) in [6.07, 6.45) is 3.15. The van der Waals surface area contributed by atoms with Gasteiger partial charge in [0.15, 0.2) is 18.1 Å². The lowest BCUT2D eigenvalue weighted by molar-refractivity contribution is -0.123. The van der Waals surface area contributed by atoms with Crippen LogP contribution in [-0.2, 0) is 4.79 Å². The fraction of sp³-hybridized carbons (Fsp3) is 0.150. The Balaban J connectivity index is 1.31. The molecule has 0 saturated heterocycles. The van der Waals surface area contributed by atoms with Gasteiger partial charge in [-0.1, -0.05) is 12.1 Å². The van der Waals surface area contributed by atoms with Gasteiger partial charge in [0, 0.05) is 17.8 Å². The Morgan fingerprint density at radius 1 is 1.10 bits per heavy atom. The van der Waals surface area contributed by atoms with Crippen molar-refractivity contribution >= 4 is 11.6 Å². The first kappa shape index (κ1) is 19.2. The number of hydrogen-bond donors (Lipinski definition) is 1. The third kappa shape index (κ3) is 4.66. The second-order valence-electron chi connectivity index (χ2n) is 6.15. The normalized spacial score (nSPS) is 10.7. The number of halogens is 1. The molecule has 152 valence electrons. The number of rotatable bonds is 8. The zero-order chi connectivity index (χ0) is 20.8. The van der Waals surface area contributed by atoms with E-state index in [1.165, 1.54) is 22.8 Å². The molecule has 0 unspecified atom stereocenters. The molecule has 0 aliphatic heterocycles. The predicted molar refractivity (Wildman–Crippen MR) is 104 cm³/mol. The molecule has 0 radical (unpaired) electrons. The molecule has 1 N–H and O–H groups in total. The van der Waals surface area contributed by atoms with E-state index in [9.17, 15) is 9.18 Å². The van der Waals surface area contributed by atoms with E-state index >= 15 is 0 Å². The summed E-state index contributed by atoms with van der Waals surface area (Å²) in [4.78, 5) is 15.7. The van der Waals surface area contributed by atoms with Crippen molar-refractivity contribution in [3.8, 4) is 23.0 Å². The van der Waals surface area contributed by atoms with Gasteiger partial charge in [-0.15, -0.1) is 15.3 Å². The van der Waals surface area contributed by atoms with Crippen molar-refractivity contribution in [3.05, 3.63) is 66.7 Å². The summed E-state index contributed by atoms with van der Waals surface area (Å²) in [6.45, 7) is 0.357. The van der Waals surface area contributed by atoms with Crippen LogP contribution < -0.4 is 14.8 Å². The first-order valence-corrected chi connectivity index (χ1v) is 9.10. The van der Waals surface area contributed by atoms with Crippen LogP contribution in [-0.4, -0.2) is 50.5 Å². The van der Waals surface area contributed by atoms with Gasteiger partial charge >= 0.3 is 0 Å². The Kier molecular flexibility index (Phi) is 5.74. The zero-order valence-electron chi connectivity index (χ0n) is 15.7. The van der Waals surface area contributed by atoms with Crippen molar-refractivity contribution in [2.45, 2.75) is 0 Å². The van der Waals surface area contributed by atoms with Gasteiger partial charge in [-0.05, 0) is 30.3 Å². The Morgan fingerprint density at radius 2 is 2.03 bits per heavy atom. The van der Waals surface area contributed by atoms with Crippen molar-refractivity contribution in [1.82, 2.24) is 30.1 Å². The van der Waals surface area contributed by atoms with Crippen LogP contribution in [0.4, 0.5) is 4.39 Å². The first-order chi connectivity index (χ1) is 14.7. The maximum atomic E-state index is 13.5. The van der Waals surface area contributed by atoms with Crippen molar-refractivity contribution in [3.63, 3.8) is 0 Å². The Labute approximate surface area is 170 Å². The number of ether oxygens (including phenoxy) is 2. The summed E-state index contributed by atoms with van der Waals surface area (Å²) >= 11 is 0. The fourth-order valence-corrected chi connectivity index (χ4v) is 2.64. The number of pyridine rings is 1. The van der Waals surface area contributed by atoms with E-state index in [2.05, 4.69) is 25.6 Å². The monoisotopic (exact) mass is 408 g/mol. The zero-order valence-corrected chi connectivity index (χ0v) is 15.7. The number of aromatic nitrogens is 5. The van der Waals surface area contributed by atoms with E-state index < -0.39 is 0 Å². The molecule has 0 fully saturated rings. The molecule has 0 bridgehead atoms. The average molecular weight is 408 g/mol. The van der Waals surface area contributed by atoms with Crippen LogP contribution in [0.2, 0.25) is 0 Å². The third-order valence-corrected chi connectivity index (χ3v) is 4.00. The highest BCUT2D eigenvalue weighted by atomic mass is 19.1. The van der Waals surface area contributed by atoms with Gasteiger partial charge in [0.05, 0.1) is 12.7 Å². The van der Waals surface area contributed by atoms with E-state index in [-0.39, 0.29) is 31.5 Å². The number of carbonyl (C=O) groups excluding carboxylic acids is 1. The van der Waals surface area contributed by atoms with Crippen LogP contribution in [0.15, 0.2) is 60.9 Å². The summed E-state index contributed by atoms with van der Waals surface area (Å²) < 4.78 is 25.9. The van der Waals surface area contributed by atoms with Crippen LogP contribution in [0.3, 0.4) is 0 Å². The van der Waals surface area contributed by atoms with Crippen molar-refractivity contribution in [2.24, 2.45) is 0 Å². The molecule has 0 aliphatic rings. The van der Waals surface area contributed by atoms with Gasteiger partial charge in [0.2, 0.25) is 5.88 Å². The lowest BCUT2D eigenvalue weighted by Gasteiger charge is -2.08. The molecule has 1 amide bonds. The molecule has 9 nitrogen and oxygen atoms in total.